The number of rotatable bonds is 86. The molecule has 5 atom stereocenters. The van der Waals surface area contributed by atoms with Crippen LogP contribution in [0.25, 0.3) is 0 Å². The number of hydrogen-bond donors (Lipinski definition) is 4. The van der Waals surface area contributed by atoms with E-state index in [2.05, 4.69) is 203 Å². The lowest BCUT2D eigenvalue weighted by Gasteiger charge is -2.21. The summed E-state index contributed by atoms with van der Waals surface area (Å²) in [6.45, 7) is 2.33. The Labute approximate surface area is 713 Å². The monoisotopic (exact) mass is 1670 g/mol. The maximum atomic E-state index is 13.0. The number of ether oxygens (including phenoxy) is 3. The minimum Gasteiger partial charge on any atom is -0.463 e. The molecule has 0 spiro atoms. The molecule has 0 aromatic carbocycles. The molecule has 0 aromatic rings. The fraction of sp³-hybridized carbons (Fsp3) is 0.667. The average Bonchev–Trinajstić information content (AvgIpc) is 0.901. The van der Waals surface area contributed by atoms with E-state index >= 15 is 0 Å². The number of unbranched alkanes of at least 4 members (excludes halogenated alkanes) is 33. The Kier molecular flexibility index (Phi) is 85.8. The number of hydrogen-bond acceptors (Lipinski definition) is 14. The van der Waals surface area contributed by atoms with Crippen molar-refractivity contribution in [3.63, 3.8) is 0 Å². The molecule has 0 aliphatic heterocycles. The van der Waals surface area contributed by atoms with Gasteiger partial charge in [-0.2, -0.15) is 0 Å². The highest BCUT2D eigenvalue weighted by molar-refractivity contribution is 7.47. The standard InChI is InChI=1S/C99H166O16P2/c1-4-7-10-13-16-19-22-25-28-31-34-36-38-40-42-44-45-46-47-49-51-52-54-56-59-61-64-67-70-73-76-79-82-85-97(102)109-88-94(100)89-111-116(105,106)112-90-95(101)91-113-117(107,108)114-93-96(115-99(104)87-84-81-78-75-72-69-66-63-58-33-30-27-24-21-18-15-12-9-6-3)92-110-98(103)86-83-80-77-74-71-68-65-62-60-57-55-53-50-48-43-41-39-37-35-32-29-26-23-20-17-14-11-8-5-2/h7-12,16-21,25-30,34-37,40-43,58,63,69,72,94-96,100-101H,4-6,13-15,22-24,31-33,38-39,44-57,59-62,64-68,70-71,73-93H2,1-3H3,(H,105,106)(H,107,108)/b10-7-,11-8-,12-9-,19-16-,20-17-,21-18-,28-25-,29-26-,30-27-,36-34-,37-35-,42-40-,43-41-,63-58-,72-69-. The van der Waals surface area contributed by atoms with E-state index in [4.69, 9.17) is 32.3 Å². The topological polar surface area (TPSA) is 231 Å². The van der Waals surface area contributed by atoms with Gasteiger partial charge in [-0.1, -0.05) is 376 Å². The lowest BCUT2D eigenvalue weighted by molar-refractivity contribution is -0.161. The number of phosphoric acid groups is 2. The van der Waals surface area contributed by atoms with Gasteiger partial charge in [0, 0.05) is 19.3 Å². The Hall–Kier alpha value is -5.35. The third-order valence-electron chi connectivity index (χ3n) is 19.1. The molecule has 16 nitrogen and oxygen atoms in total. The second-order valence-corrected chi connectivity index (χ2v) is 33.2. The average molecular weight is 1670 g/mol. The van der Waals surface area contributed by atoms with Crippen LogP contribution in [0.5, 0.6) is 0 Å². The van der Waals surface area contributed by atoms with Crippen LogP contribution in [0.1, 0.15) is 367 Å². The summed E-state index contributed by atoms with van der Waals surface area (Å²) in [6.07, 6.45) is 118. The fourth-order valence-corrected chi connectivity index (χ4v) is 13.8. The Morgan fingerprint density at radius 2 is 0.427 bits per heavy atom. The van der Waals surface area contributed by atoms with Crippen molar-refractivity contribution in [2.45, 2.75) is 386 Å². The summed E-state index contributed by atoms with van der Waals surface area (Å²) in [4.78, 5) is 59.0. The summed E-state index contributed by atoms with van der Waals surface area (Å²) in [5.74, 6) is -1.61. The van der Waals surface area contributed by atoms with Crippen LogP contribution in [-0.4, -0.2) is 95.9 Å². The van der Waals surface area contributed by atoms with Gasteiger partial charge in [-0.25, -0.2) is 9.13 Å². The lowest BCUT2D eigenvalue weighted by Crippen LogP contribution is -2.30. The molecule has 5 unspecified atom stereocenters. The molecular weight excluding hydrogens is 1510 g/mol. The number of aliphatic hydroxyl groups excluding tert-OH is 2. The van der Waals surface area contributed by atoms with Crippen LogP contribution in [0, 0.1) is 0 Å². The highest BCUT2D eigenvalue weighted by Gasteiger charge is 2.29. The molecule has 0 fully saturated rings. The second kappa shape index (κ2) is 89.9. The van der Waals surface area contributed by atoms with Crippen molar-refractivity contribution in [3.05, 3.63) is 182 Å². The van der Waals surface area contributed by atoms with Crippen LogP contribution in [-0.2, 0) is 55.8 Å². The van der Waals surface area contributed by atoms with E-state index in [1.165, 1.54) is 141 Å². The largest absolute Gasteiger partial charge is 0.472 e. The van der Waals surface area contributed by atoms with Crippen LogP contribution >= 0.6 is 15.6 Å². The van der Waals surface area contributed by atoms with E-state index in [1.807, 2.05) is 0 Å². The second-order valence-electron chi connectivity index (χ2n) is 30.3. The van der Waals surface area contributed by atoms with E-state index in [9.17, 15) is 43.5 Å². The van der Waals surface area contributed by atoms with Crippen LogP contribution in [0.15, 0.2) is 182 Å². The van der Waals surface area contributed by atoms with E-state index < -0.39 is 91.5 Å². The van der Waals surface area contributed by atoms with Gasteiger partial charge in [-0.3, -0.25) is 32.5 Å². The molecule has 18 heteroatoms. The first-order valence-corrected chi connectivity index (χ1v) is 49.1. The quantitative estimate of drug-likeness (QED) is 0.0146. The molecule has 0 saturated carbocycles. The minimum absolute atomic E-state index is 0.0607. The molecule has 0 aliphatic carbocycles. The number of aliphatic hydroxyl groups is 2. The predicted octanol–water partition coefficient (Wildman–Crippen LogP) is 28.4. The van der Waals surface area contributed by atoms with Crippen molar-refractivity contribution in [3.8, 4) is 0 Å². The molecule has 0 amide bonds. The van der Waals surface area contributed by atoms with Crippen LogP contribution in [0.3, 0.4) is 0 Å². The van der Waals surface area contributed by atoms with Gasteiger partial charge in [-0.15, -0.1) is 0 Å². The molecule has 0 radical (unpaired) electrons. The molecule has 0 heterocycles. The molecule has 0 rings (SSSR count). The molecule has 0 saturated heterocycles. The number of allylic oxidation sites excluding steroid dienone is 30. The summed E-state index contributed by atoms with van der Waals surface area (Å²) in [5, 5.41) is 20.7. The zero-order valence-corrected chi connectivity index (χ0v) is 75.4. The maximum Gasteiger partial charge on any atom is 0.472 e. The van der Waals surface area contributed by atoms with Gasteiger partial charge in [0.1, 0.15) is 25.4 Å². The highest BCUT2D eigenvalue weighted by Crippen LogP contribution is 2.45. The Morgan fingerprint density at radius 1 is 0.239 bits per heavy atom. The van der Waals surface area contributed by atoms with Crippen LogP contribution in [0.2, 0.25) is 0 Å². The first-order valence-electron chi connectivity index (χ1n) is 46.1. The zero-order valence-electron chi connectivity index (χ0n) is 73.6. The van der Waals surface area contributed by atoms with Gasteiger partial charge in [-0.05, 0) is 154 Å². The van der Waals surface area contributed by atoms with E-state index in [0.717, 1.165) is 167 Å². The maximum absolute atomic E-state index is 13.0. The van der Waals surface area contributed by atoms with Gasteiger partial charge in [0.05, 0.1) is 26.4 Å². The van der Waals surface area contributed by atoms with E-state index in [0.29, 0.717) is 19.3 Å². The summed E-state index contributed by atoms with van der Waals surface area (Å²) in [7, 11) is -9.82. The first kappa shape index (κ1) is 112. The summed E-state index contributed by atoms with van der Waals surface area (Å²) < 4.78 is 61.4. The van der Waals surface area contributed by atoms with Crippen molar-refractivity contribution in [2.24, 2.45) is 0 Å². The van der Waals surface area contributed by atoms with Gasteiger partial charge in [0.15, 0.2) is 6.10 Å². The summed E-state index contributed by atoms with van der Waals surface area (Å²) in [6, 6.07) is 0. The predicted molar refractivity (Wildman–Crippen MR) is 491 cm³/mol. The highest BCUT2D eigenvalue weighted by atomic mass is 31.2. The summed E-state index contributed by atoms with van der Waals surface area (Å²) >= 11 is 0. The molecular formula is C99H166O16P2. The Balaban J connectivity index is 4.55. The SMILES string of the molecule is CC/C=C\C/C=C\C/C=C\C/C=C\C/C=C\CCCCCCCCCCCCCCCCCCCC(=O)OCC(O)COP(=O)(O)OCC(O)COP(=O)(O)OCC(COC(=O)CCCCCCCCCCCCCCC/C=C\C/C=C\C/C=C\C/C=C\C/C=C\CC)OC(=O)CCCCC/C=C\C/C=C\C/C=C\C/C=C\C/C=C\CC. The van der Waals surface area contributed by atoms with Crippen molar-refractivity contribution < 1.29 is 75.8 Å². The fourth-order valence-electron chi connectivity index (χ4n) is 12.2. The van der Waals surface area contributed by atoms with Gasteiger partial charge < -0.3 is 34.2 Å². The van der Waals surface area contributed by atoms with Crippen molar-refractivity contribution in [1.82, 2.24) is 0 Å². The number of carbonyl (C=O) groups excluding carboxylic acids is 3. The third-order valence-corrected chi connectivity index (χ3v) is 21.0. The van der Waals surface area contributed by atoms with Crippen molar-refractivity contribution in [1.29, 1.82) is 0 Å². The molecule has 4 N–H and O–H groups in total. The normalized spacial score (nSPS) is 14.6. The zero-order chi connectivity index (χ0) is 85.1. The van der Waals surface area contributed by atoms with Crippen LogP contribution in [0.4, 0.5) is 0 Å². The number of phosphoric ester groups is 2. The Bertz CT molecular complexity index is 2860. The minimum atomic E-state index is -4.95. The summed E-state index contributed by atoms with van der Waals surface area (Å²) in [5.41, 5.74) is 0. The lowest BCUT2D eigenvalue weighted by atomic mass is 10.0. The van der Waals surface area contributed by atoms with Crippen molar-refractivity contribution >= 4 is 33.6 Å². The first-order chi connectivity index (χ1) is 57.2. The Morgan fingerprint density at radius 3 is 0.684 bits per heavy atom. The van der Waals surface area contributed by atoms with E-state index in [1.54, 1.807) is 0 Å². The van der Waals surface area contributed by atoms with Gasteiger partial charge in [0.2, 0.25) is 0 Å². The molecule has 117 heavy (non-hydrogen) atoms. The van der Waals surface area contributed by atoms with Gasteiger partial charge >= 0.3 is 33.6 Å². The third kappa shape index (κ3) is 91.2. The molecule has 0 bridgehead atoms. The number of carbonyl (C=O) groups is 3. The van der Waals surface area contributed by atoms with Gasteiger partial charge in [0.25, 0.3) is 0 Å². The van der Waals surface area contributed by atoms with E-state index in [-0.39, 0.29) is 19.3 Å². The van der Waals surface area contributed by atoms with Crippen molar-refractivity contribution in [2.75, 3.05) is 39.6 Å². The molecule has 0 aromatic heterocycles. The molecule has 0 aliphatic rings. The smallest absolute Gasteiger partial charge is 0.463 e. The molecule has 668 valence electrons. The number of esters is 3. The van der Waals surface area contributed by atoms with Crippen LogP contribution < -0.4 is 0 Å².